The van der Waals surface area contributed by atoms with Gasteiger partial charge < -0.3 is 5.11 Å². The van der Waals surface area contributed by atoms with E-state index in [1.807, 2.05) is 0 Å². The van der Waals surface area contributed by atoms with Crippen molar-refractivity contribution in [2.45, 2.75) is 26.7 Å². The van der Waals surface area contributed by atoms with Gasteiger partial charge in [0, 0.05) is 0 Å². The van der Waals surface area contributed by atoms with Gasteiger partial charge in [-0.3, -0.25) is 5.43 Å². The summed E-state index contributed by atoms with van der Waals surface area (Å²) in [7, 11) is 0. The summed E-state index contributed by atoms with van der Waals surface area (Å²) in [6.45, 7) is 4.55. The fraction of sp³-hybridized carbons (Fsp3) is 0.438. The normalized spacial score (nSPS) is 24.5. The first-order valence-corrected chi connectivity index (χ1v) is 8.63. The van der Waals surface area contributed by atoms with Gasteiger partial charge in [-0.1, -0.05) is 54.7 Å². The number of pyridine rings is 1. The van der Waals surface area contributed by atoms with Gasteiger partial charge in [-0.25, -0.2) is 9.78 Å². The van der Waals surface area contributed by atoms with Crippen molar-refractivity contribution >= 4 is 52.7 Å². The predicted octanol–water partition coefficient (Wildman–Crippen LogP) is 5.13. The van der Waals surface area contributed by atoms with Gasteiger partial charge in [0.1, 0.15) is 10.0 Å². The van der Waals surface area contributed by atoms with Gasteiger partial charge in [-0.2, -0.15) is 5.10 Å². The van der Waals surface area contributed by atoms with Crippen molar-refractivity contribution < 1.29 is 9.90 Å². The summed E-state index contributed by atoms with van der Waals surface area (Å²) in [4.78, 5) is 14.8. The van der Waals surface area contributed by atoms with Gasteiger partial charge in [-0.15, -0.1) is 0 Å². The zero-order valence-electron chi connectivity index (χ0n) is 13.1. The topological polar surface area (TPSA) is 74.6 Å². The van der Waals surface area contributed by atoms with E-state index in [0.29, 0.717) is 11.3 Å². The third-order valence-corrected chi connectivity index (χ3v) is 6.25. The predicted molar refractivity (Wildman–Crippen MR) is 96.4 cm³/mol. The van der Waals surface area contributed by atoms with Gasteiger partial charge in [0.2, 0.25) is 0 Å². The molecule has 0 radical (unpaired) electrons. The molecule has 3 aliphatic rings. The minimum absolute atomic E-state index is 0.0329. The number of aromatic carboxylic acids is 1. The molecule has 2 bridgehead atoms. The molecule has 0 aromatic carbocycles. The van der Waals surface area contributed by atoms with Crippen molar-refractivity contribution in [3.63, 3.8) is 0 Å². The monoisotopic (exact) mass is 387 g/mol. The van der Waals surface area contributed by atoms with Crippen LogP contribution in [0.25, 0.3) is 0 Å². The first-order chi connectivity index (χ1) is 11.2. The summed E-state index contributed by atoms with van der Waals surface area (Å²) in [5, 5.41) is 13.0. The molecule has 24 heavy (non-hydrogen) atoms. The zero-order valence-corrected chi connectivity index (χ0v) is 15.4. The lowest BCUT2D eigenvalue weighted by atomic mass is 9.49. The fourth-order valence-electron chi connectivity index (χ4n) is 3.47. The minimum Gasteiger partial charge on any atom is -0.476 e. The highest BCUT2D eigenvalue weighted by atomic mass is 35.5. The molecule has 8 heteroatoms. The lowest BCUT2D eigenvalue weighted by Crippen LogP contribution is -2.48. The number of carboxylic acid groups (broad SMARTS) is 1. The van der Waals surface area contributed by atoms with Crippen LogP contribution in [0.1, 0.15) is 37.2 Å². The Bertz CT molecular complexity index is 774. The van der Waals surface area contributed by atoms with E-state index in [4.69, 9.17) is 39.9 Å². The van der Waals surface area contributed by atoms with E-state index in [2.05, 4.69) is 35.4 Å². The van der Waals surface area contributed by atoms with E-state index in [1.165, 1.54) is 12.0 Å². The molecule has 2 unspecified atom stereocenters. The number of nitrogens with zero attached hydrogens (tertiary/aromatic N) is 2. The van der Waals surface area contributed by atoms with Gasteiger partial charge in [0.25, 0.3) is 0 Å². The van der Waals surface area contributed by atoms with Crippen molar-refractivity contribution in [1.82, 2.24) is 4.98 Å². The number of rotatable bonds is 4. The number of hydrazone groups is 1. The number of carbonyl (C=O) groups is 1. The van der Waals surface area contributed by atoms with Gasteiger partial charge >= 0.3 is 5.97 Å². The number of hydrogen-bond acceptors (Lipinski definition) is 4. The maximum absolute atomic E-state index is 11.2. The van der Waals surface area contributed by atoms with Crippen molar-refractivity contribution in [3.05, 3.63) is 32.5 Å². The molecule has 1 saturated carbocycles. The van der Waals surface area contributed by atoms with E-state index in [1.54, 1.807) is 6.21 Å². The number of halogens is 3. The summed E-state index contributed by atoms with van der Waals surface area (Å²) < 4.78 is 0. The maximum atomic E-state index is 11.2. The smallest absolute Gasteiger partial charge is 0.356 e. The van der Waals surface area contributed by atoms with Crippen molar-refractivity contribution in [1.29, 1.82) is 0 Å². The Hall–Kier alpha value is -1.30. The molecule has 0 aliphatic heterocycles. The summed E-state index contributed by atoms with van der Waals surface area (Å²) in [5.41, 5.74) is 3.93. The molecule has 1 aromatic rings. The van der Waals surface area contributed by atoms with Crippen molar-refractivity contribution in [2.24, 2.45) is 22.4 Å². The summed E-state index contributed by atoms with van der Waals surface area (Å²) in [6, 6.07) is 0. The van der Waals surface area contributed by atoms with Crippen molar-refractivity contribution in [2.75, 3.05) is 5.43 Å². The van der Waals surface area contributed by atoms with Gasteiger partial charge in [0.15, 0.2) is 10.8 Å². The van der Waals surface area contributed by atoms with E-state index in [9.17, 15) is 4.79 Å². The first-order valence-electron chi connectivity index (χ1n) is 7.50. The quantitative estimate of drug-likeness (QED) is 0.426. The maximum Gasteiger partial charge on any atom is 0.356 e. The Labute approximate surface area is 154 Å². The summed E-state index contributed by atoms with van der Waals surface area (Å²) >= 11 is 18.0. The minimum atomic E-state index is -1.29. The molecule has 0 saturated heterocycles. The molecule has 5 nitrogen and oxygen atoms in total. The van der Waals surface area contributed by atoms with Crippen LogP contribution in [0.4, 0.5) is 5.69 Å². The Morgan fingerprint density at radius 2 is 2.12 bits per heavy atom. The second-order valence-electron chi connectivity index (χ2n) is 6.68. The Balaban J connectivity index is 1.83. The number of nitrogens with one attached hydrogen (secondary N) is 1. The van der Waals surface area contributed by atoms with Crippen LogP contribution in [0.5, 0.6) is 0 Å². The fourth-order valence-corrected chi connectivity index (χ4v) is 4.14. The average molecular weight is 389 g/mol. The highest BCUT2D eigenvalue weighted by Gasteiger charge is 2.50. The van der Waals surface area contributed by atoms with Crippen LogP contribution in [-0.4, -0.2) is 22.3 Å². The summed E-state index contributed by atoms with van der Waals surface area (Å²) in [5.74, 6) is -0.0557. The third kappa shape index (κ3) is 2.79. The van der Waals surface area contributed by atoms with Crippen LogP contribution in [0.15, 0.2) is 16.8 Å². The molecule has 1 fully saturated rings. The van der Waals surface area contributed by atoms with E-state index >= 15 is 0 Å². The number of anilines is 1. The molecule has 2 N–H and O–H groups in total. The van der Waals surface area contributed by atoms with Crippen LogP contribution in [0, 0.1) is 17.3 Å². The van der Waals surface area contributed by atoms with Crippen LogP contribution in [0.3, 0.4) is 0 Å². The summed E-state index contributed by atoms with van der Waals surface area (Å²) in [6.07, 6.45) is 6.16. The molecular formula is C16H16Cl3N3O2. The molecule has 1 heterocycles. The number of hydrogen-bond donors (Lipinski definition) is 2. The lowest BCUT2D eigenvalue weighted by molar-refractivity contribution is -0.00124. The molecule has 0 spiro atoms. The zero-order chi connectivity index (χ0) is 17.6. The van der Waals surface area contributed by atoms with Crippen LogP contribution in [-0.2, 0) is 0 Å². The Morgan fingerprint density at radius 3 is 2.71 bits per heavy atom. The van der Waals surface area contributed by atoms with Crippen LogP contribution >= 0.6 is 34.8 Å². The number of allylic oxidation sites excluding steroid dienone is 2. The van der Waals surface area contributed by atoms with Crippen LogP contribution < -0.4 is 5.43 Å². The molecule has 2 atom stereocenters. The SMILES string of the molecule is CC1(C)C2CC=C(/C=N/Nc3c(Cl)c(Cl)nc(C(=O)O)c3Cl)C1C2. The molecule has 0 amide bonds. The Morgan fingerprint density at radius 1 is 1.42 bits per heavy atom. The second-order valence-corrected chi connectivity index (χ2v) is 7.79. The largest absolute Gasteiger partial charge is 0.476 e. The van der Waals surface area contributed by atoms with Crippen molar-refractivity contribution in [3.8, 4) is 0 Å². The molecule has 3 aliphatic carbocycles. The number of aromatic nitrogens is 1. The highest BCUT2D eigenvalue weighted by molar-refractivity contribution is 6.46. The second kappa shape index (κ2) is 6.21. The number of carboxylic acids is 1. The third-order valence-electron chi connectivity index (χ3n) is 5.14. The van der Waals surface area contributed by atoms with E-state index in [-0.39, 0.29) is 26.6 Å². The Kier molecular flexibility index (Phi) is 4.53. The van der Waals surface area contributed by atoms with Crippen LogP contribution in [0.2, 0.25) is 15.2 Å². The highest BCUT2D eigenvalue weighted by Crippen LogP contribution is 2.58. The van der Waals surface area contributed by atoms with Gasteiger partial charge in [-0.05, 0) is 35.7 Å². The van der Waals surface area contributed by atoms with E-state index in [0.717, 1.165) is 12.3 Å². The van der Waals surface area contributed by atoms with E-state index < -0.39 is 5.97 Å². The number of fused-ring (bicyclic) bond motifs is 1. The first kappa shape index (κ1) is 17.5. The standard InChI is InChI=1S/C16H16Cl3N3O2/c1-16(2)8-4-3-7(9(16)5-8)6-20-22-12-10(17)13(15(23)24)21-14(19)11(12)18/h3,6,8-9H,4-5H2,1-2H3,(H,21,22)(H,23,24)/b20-6+. The molecular weight excluding hydrogens is 373 g/mol. The molecule has 4 rings (SSSR count). The van der Waals surface area contributed by atoms with Gasteiger partial charge in [0.05, 0.1) is 11.9 Å². The lowest BCUT2D eigenvalue weighted by Gasteiger charge is -2.55. The molecule has 128 valence electrons. The molecule has 1 aromatic heterocycles. The average Bonchev–Trinajstić information content (AvgIpc) is 2.53.